The molecular weight excluding hydrogens is 338 g/mol. The number of nitrogens with one attached hydrogen (secondary N) is 2. The average molecular weight is 360 g/mol. The van der Waals surface area contributed by atoms with Crippen LogP contribution in [0.5, 0.6) is 0 Å². The highest BCUT2D eigenvalue weighted by Gasteiger charge is 2.18. The van der Waals surface area contributed by atoms with Gasteiger partial charge in [0.2, 0.25) is 0 Å². The standard InChI is InChI=1S/C18H22ClN5O/c1-10-13(5-4-6-15(10)19)16-9-17(23-18(20)22-16)21-8-7-14-11(2)24-25-12(14)3/h4-6,9,16,21H,7-8H2,1-3H3,(H3,20,22,23). The summed E-state index contributed by atoms with van der Waals surface area (Å²) in [5, 5.41) is 11.2. The number of benzene rings is 1. The Bertz CT molecular complexity index is 820. The van der Waals surface area contributed by atoms with Crippen molar-refractivity contribution in [2.24, 2.45) is 10.7 Å². The number of hydrogen-bond acceptors (Lipinski definition) is 6. The van der Waals surface area contributed by atoms with Crippen LogP contribution >= 0.6 is 11.6 Å². The molecule has 0 fully saturated rings. The maximum absolute atomic E-state index is 6.24. The van der Waals surface area contributed by atoms with Gasteiger partial charge >= 0.3 is 0 Å². The van der Waals surface area contributed by atoms with E-state index in [0.29, 0.717) is 12.5 Å². The number of aryl methyl sites for hydroxylation is 2. The summed E-state index contributed by atoms with van der Waals surface area (Å²) in [5.74, 6) is 1.98. The third kappa shape index (κ3) is 3.79. The minimum absolute atomic E-state index is 0.0715. The van der Waals surface area contributed by atoms with Crippen molar-refractivity contribution in [3.05, 3.63) is 63.3 Å². The molecule has 0 radical (unpaired) electrons. The molecule has 2 heterocycles. The normalized spacial score (nSPS) is 16.9. The monoisotopic (exact) mass is 359 g/mol. The Balaban J connectivity index is 1.72. The fourth-order valence-corrected chi connectivity index (χ4v) is 3.14. The highest BCUT2D eigenvalue weighted by Crippen LogP contribution is 2.26. The minimum atomic E-state index is -0.0715. The first-order chi connectivity index (χ1) is 12.0. The number of hydrogen-bond donors (Lipinski definition) is 3. The van der Waals surface area contributed by atoms with Crippen molar-refractivity contribution in [2.75, 3.05) is 6.54 Å². The SMILES string of the molecule is Cc1noc(C)c1CCNC1=CC(c2cccc(Cl)c2C)NC(N)=N1. The lowest BCUT2D eigenvalue weighted by Gasteiger charge is -2.24. The molecular formula is C18H22ClN5O. The summed E-state index contributed by atoms with van der Waals surface area (Å²) in [6, 6.07) is 5.78. The second-order valence-electron chi connectivity index (χ2n) is 6.10. The Morgan fingerprint density at radius 1 is 1.32 bits per heavy atom. The number of guanidine groups is 1. The van der Waals surface area contributed by atoms with E-state index in [4.69, 9.17) is 21.9 Å². The molecule has 1 aliphatic rings. The Morgan fingerprint density at radius 3 is 2.84 bits per heavy atom. The van der Waals surface area contributed by atoms with Gasteiger partial charge in [-0.25, -0.2) is 0 Å². The van der Waals surface area contributed by atoms with Gasteiger partial charge < -0.3 is 20.9 Å². The molecule has 0 spiro atoms. The van der Waals surface area contributed by atoms with Crippen LogP contribution in [0.1, 0.15) is 34.2 Å². The van der Waals surface area contributed by atoms with Crippen LogP contribution < -0.4 is 16.4 Å². The second kappa shape index (κ2) is 7.19. The fourth-order valence-electron chi connectivity index (χ4n) is 2.96. The Morgan fingerprint density at radius 2 is 2.12 bits per heavy atom. The zero-order valence-electron chi connectivity index (χ0n) is 14.6. The van der Waals surface area contributed by atoms with Gasteiger partial charge in [0, 0.05) is 17.1 Å². The van der Waals surface area contributed by atoms with Crippen LogP contribution in [-0.4, -0.2) is 17.7 Å². The largest absolute Gasteiger partial charge is 0.370 e. The number of nitrogens with zero attached hydrogens (tertiary/aromatic N) is 2. The Kier molecular flexibility index (Phi) is 4.99. The molecule has 3 rings (SSSR count). The fraction of sp³-hybridized carbons (Fsp3) is 0.333. The first-order valence-corrected chi connectivity index (χ1v) is 8.56. The molecule has 7 heteroatoms. The predicted octanol–water partition coefficient (Wildman–Crippen LogP) is 2.89. The van der Waals surface area contributed by atoms with E-state index in [-0.39, 0.29) is 6.04 Å². The summed E-state index contributed by atoms with van der Waals surface area (Å²) in [6.45, 7) is 6.59. The molecule has 0 bridgehead atoms. The lowest BCUT2D eigenvalue weighted by molar-refractivity contribution is 0.392. The molecule has 6 nitrogen and oxygen atoms in total. The third-order valence-electron chi connectivity index (χ3n) is 4.38. The van der Waals surface area contributed by atoms with E-state index in [1.807, 2.05) is 45.0 Å². The van der Waals surface area contributed by atoms with Gasteiger partial charge in [-0.3, -0.25) is 0 Å². The van der Waals surface area contributed by atoms with Crippen molar-refractivity contribution in [1.82, 2.24) is 15.8 Å². The minimum Gasteiger partial charge on any atom is -0.370 e. The lowest BCUT2D eigenvalue weighted by atomic mass is 10.0. The van der Waals surface area contributed by atoms with Crippen LogP contribution in [0.4, 0.5) is 0 Å². The zero-order valence-corrected chi connectivity index (χ0v) is 15.3. The summed E-state index contributed by atoms with van der Waals surface area (Å²) in [4.78, 5) is 4.34. The van der Waals surface area contributed by atoms with Crippen LogP contribution in [0.3, 0.4) is 0 Å². The van der Waals surface area contributed by atoms with Gasteiger partial charge in [0.05, 0.1) is 11.7 Å². The van der Waals surface area contributed by atoms with E-state index in [1.165, 1.54) is 0 Å². The number of rotatable bonds is 5. The van der Waals surface area contributed by atoms with Gasteiger partial charge in [-0.1, -0.05) is 28.9 Å². The van der Waals surface area contributed by atoms with E-state index >= 15 is 0 Å². The second-order valence-corrected chi connectivity index (χ2v) is 6.51. The highest BCUT2D eigenvalue weighted by atomic mass is 35.5. The van der Waals surface area contributed by atoms with Crippen LogP contribution in [0.2, 0.25) is 5.02 Å². The molecule has 1 unspecified atom stereocenters. The van der Waals surface area contributed by atoms with E-state index in [1.54, 1.807) is 0 Å². The van der Waals surface area contributed by atoms with Crippen LogP contribution in [0, 0.1) is 20.8 Å². The van der Waals surface area contributed by atoms with Gasteiger partial charge in [-0.15, -0.1) is 0 Å². The topological polar surface area (TPSA) is 88.5 Å². The molecule has 0 aliphatic carbocycles. The zero-order chi connectivity index (χ0) is 18.0. The number of halogens is 1. The van der Waals surface area contributed by atoms with E-state index in [0.717, 1.165) is 45.4 Å². The summed E-state index contributed by atoms with van der Waals surface area (Å²) in [6.07, 6.45) is 2.82. The summed E-state index contributed by atoms with van der Waals surface area (Å²) >= 11 is 6.24. The van der Waals surface area contributed by atoms with Crippen molar-refractivity contribution in [1.29, 1.82) is 0 Å². The summed E-state index contributed by atoms with van der Waals surface area (Å²) in [5.41, 5.74) is 10.1. The molecule has 25 heavy (non-hydrogen) atoms. The van der Waals surface area contributed by atoms with Crippen molar-refractivity contribution in [2.45, 2.75) is 33.2 Å². The van der Waals surface area contributed by atoms with Crippen LogP contribution in [-0.2, 0) is 6.42 Å². The van der Waals surface area contributed by atoms with Gasteiger partial charge in [0.1, 0.15) is 11.6 Å². The molecule has 2 aromatic rings. The third-order valence-corrected chi connectivity index (χ3v) is 4.79. The van der Waals surface area contributed by atoms with Crippen LogP contribution in [0.15, 0.2) is 39.6 Å². The highest BCUT2D eigenvalue weighted by molar-refractivity contribution is 6.31. The molecule has 0 amide bonds. The number of nitrogens with two attached hydrogens (primary N) is 1. The lowest BCUT2D eigenvalue weighted by Crippen LogP contribution is -2.38. The Labute approximate surface area is 152 Å². The first kappa shape index (κ1) is 17.4. The first-order valence-electron chi connectivity index (χ1n) is 8.19. The average Bonchev–Trinajstić information content (AvgIpc) is 2.89. The van der Waals surface area contributed by atoms with E-state index < -0.39 is 0 Å². The molecule has 1 aromatic carbocycles. The van der Waals surface area contributed by atoms with E-state index in [9.17, 15) is 0 Å². The molecule has 4 N–H and O–H groups in total. The predicted molar refractivity (Wildman–Crippen MR) is 99.5 cm³/mol. The number of aliphatic imine (C=N–C) groups is 1. The molecule has 1 aliphatic heterocycles. The molecule has 1 atom stereocenters. The maximum Gasteiger partial charge on any atom is 0.195 e. The quantitative estimate of drug-likeness (QED) is 0.763. The molecule has 1 aromatic heterocycles. The van der Waals surface area contributed by atoms with Crippen molar-refractivity contribution in [3.8, 4) is 0 Å². The smallest absolute Gasteiger partial charge is 0.195 e. The van der Waals surface area contributed by atoms with E-state index in [2.05, 4.69) is 20.8 Å². The van der Waals surface area contributed by atoms with Crippen molar-refractivity contribution in [3.63, 3.8) is 0 Å². The van der Waals surface area contributed by atoms with Gasteiger partial charge in [-0.05, 0) is 50.5 Å². The molecule has 0 saturated heterocycles. The molecule has 132 valence electrons. The van der Waals surface area contributed by atoms with Gasteiger partial charge in [0.15, 0.2) is 5.96 Å². The maximum atomic E-state index is 6.24. The van der Waals surface area contributed by atoms with Gasteiger partial charge in [0.25, 0.3) is 0 Å². The summed E-state index contributed by atoms with van der Waals surface area (Å²) < 4.78 is 5.19. The number of aromatic nitrogens is 1. The Hall–Kier alpha value is -2.47. The summed E-state index contributed by atoms with van der Waals surface area (Å²) in [7, 11) is 0. The van der Waals surface area contributed by atoms with Gasteiger partial charge in [-0.2, -0.15) is 4.99 Å². The van der Waals surface area contributed by atoms with Crippen molar-refractivity contribution < 1.29 is 4.52 Å². The van der Waals surface area contributed by atoms with Crippen molar-refractivity contribution >= 4 is 17.6 Å². The van der Waals surface area contributed by atoms with Crippen LogP contribution in [0.25, 0.3) is 0 Å². The molecule has 0 saturated carbocycles.